The molecule has 1 saturated heterocycles. The molecule has 1 aromatic carbocycles. The summed E-state index contributed by atoms with van der Waals surface area (Å²) in [6.45, 7) is 0. The number of thiazole rings is 1. The van der Waals surface area contributed by atoms with Crippen molar-refractivity contribution in [3.63, 3.8) is 0 Å². The van der Waals surface area contributed by atoms with E-state index >= 15 is 0 Å². The lowest BCUT2D eigenvalue weighted by molar-refractivity contribution is -0.119. The minimum Gasteiger partial charge on any atom is -0.493 e. The van der Waals surface area contributed by atoms with Gasteiger partial charge in [0.25, 0.3) is 5.91 Å². The summed E-state index contributed by atoms with van der Waals surface area (Å²) in [5.41, 5.74) is 1.34. The number of nitrogens with zero attached hydrogens (tertiary/aromatic N) is 2. The molecule has 9 heteroatoms. The van der Waals surface area contributed by atoms with Crippen molar-refractivity contribution in [1.29, 1.82) is 0 Å². The maximum atomic E-state index is 13.0. The van der Waals surface area contributed by atoms with Gasteiger partial charge in [-0.15, -0.1) is 23.1 Å². The van der Waals surface area contributed by atoms with Crippen molar-refractivity contribution in [3.8, 4) is 11.5 Å². The second-order valence-corrected chi connectivity index (χ2v) is 7.51. The number of rotatable bonds is 4. The molecule has 0 radical (unpaired) electrons. The molecule has 130 valence electrons. The van der Waals surface area contributed by atoms with Gasteiger partial charge < -0.3 is 19.7 Å². The Labute approximate surface area is 152 Å². The van der Waals surface area contributed by atoms with Gasteiger partial charge in [0.05, 0.1) is 19.8 Å². The third-order valence-electron chi connectivity index (χ3n) is 4.26. The van der Waals surface area contributed by atoms with E-state index in [4.69, 9.17) is 9.47 Å². The number of hydrogen-bond acceptors (Lipinski definition) is 7. The summed E-state index contributed by atoms with van der Waals surface area (Å²) in [6.07, 6.45) is 1.63. The summed E-state index contributed by atoms with van der Waals surface area (Å²) < 4.78 is 10.7. The molecule has 0 spiro atoms. The van der Waals surface area contributed by atoms with Crippen LogP contribution in [0.5, 0.6) is 11.5 Å². The minimum atomic E-state index is -0.547. The van der Waals surface area contributed by atoms with Gasteiger partial charge in [0.1, 0.15) is 11.4 Å². The second-order valence-electron chi connectivity index (χ2n) is 5.51. The van der Waals surface area contributed by atoms with Crippen molar-refractivity contribution in [1.82, 2.24) is 9.88 Å². The number of anilines is 1. The van der Waals surface area contributed by atoms with Crippen LogP contribution in [0.2, 0.25) is 0 Å². The average molecular weight is 377 g/mol. The topological polar surface area (TPSA) is 80.8 Å². The van der Waals surface area contributed by atoms with Crippen LogP contribution in [0.4, 0.5) is 5.13 Å². The molecule has 2 unspecified atom stereocenters. The first-order valence-corrected chi connectivity index (χ1v) is 9.48. The van der Waals surface area contributed by atoms with Crippen LogP contribution in [0.1, 0.15) is 21.3 Å². The standard InChI is InChI=1S/C16H15N3O4S2/c1-22-10-4-3-8-11(12(10)23-2)14(21)19-9(7-25-15(8)19)13(20)18-16-17-5-6-24-16/h3-6,9,15H,7H2,1-2H3,(H,17,18,20). The second kappa shape index (κ2) is 6.23. The molecule has 2 aliphatic rings. The minimum absolute atomic E-state index is 0.186. The van der Waals surface area contributed by atoms with Gasteiger partial charge in [-0.1, -0.05) is 6.07 Å². The van der Waals surface area contributed by atoms with Crippen molar-refractivity contribution >= 4 is 40.0 Å². The molecule has 1 N–H and O–H groups in total. The summed E-state index contributed by atoms with van der Waals surface area (Å²) in [5.74, 6) is 1.03. The van der Waals surface area contributed by atoms with E-state index in [1.807, 2.05) is 6.07 Å². The summed E-state index contributed by atoms with van der Waals surface area (Å²) in [5, 5.41) is 4.91. The van der Waals surface area contributed by atoms with E-state index < -0.39 is 6.04 Å². The normalized spacial score (nSPS) is 21.0. The number of benzene rings is 1. The van der Waals surface area contributed by atoms with E-state index in [2.05, 4.69) is 10.3 Å². The first-order chi connectivity index (χ1) is 12.2. The van der Waals surface area contributed by atoms with Gasteiger partial charge in [-0.05, 0) is 6.07 Å². The number of ether oxygens (including phenoxy) is 2. The van der Waals surface area contributed by atoms with Crippen LogP contribution in [0.15, 0.2) is 23.7 Å². The number of aromatic nitrogens is 1. The fraction of sp³-hybridized carbons (Fsp3) is 0.312. The van der Waals surface area contributed by atoms with Crippen molar-refractivity contribution < 1.29 is 19.1 Å². The highest BCUT2D eigenvalue weighted by Gasteiger charge is 2.50. The molecular weight excluding hydrogens is 362 g/mol. The fourth-order valence-corrected chi connectivity index (χ4v) is 5.16. The predicted octanol–water partition coefficient (Wildman–Crippen LogP) is 2.37. The Morgan fingerprint density at radius 2 is 2.20 bits per heavy atom. The number of hydrogen-bond donors (Lipinski definition) is 1. The van der Waals surface area contributed by atoms with E-state index in [-0.39, 0.29) is 17.2 Å². The molecule has 2 aromatic rings. The summed E-state index contributed by atoms with van der Waals surface area (Å²) in [6, 6.07) is 3.11. The van der Waals surface area contributed by atoms with E-state index in [1.54, 1.807) is 34.3 Å². The zero-order valence-electron chi connectivity index (χ0n) is 13.5. The maximum Gasteiger partial charge on any atom is 0.260 e. The van der Waals surface area contributed by atoms with Crippen molar-refractivity contribution in [3.05, 3.63) is 34.8 Å². The van der Waals surface area contributed by atoms with E-state index in [9.17, 15) is 9.59 Å². The molecule has 3 heterocycles. The lowest BCUT2D eigenvalue weighted by atomic mass is 10.1. The Bertz CT molecular complexity index is 840. The van der Waals surface area contributed by atoms with Crippen LogP contribution < -0.4 is 14.8 Å². The first kappa shape index (κ1) is 16.2. The van der Waals surface area contributed by atoms with Crippen LogP contribution >= 0.6 is 23.1 Å². The third-order valence-corrected chi connectivity index (χ3v) is 6.25. The Morgan fingerprint density at radius 3 is 2.88 bits per heavy atom. The lowest BCUT2D eigenvalue weighted by Crippen LogP contribution is -2.42. The highest BCUT2D eigenvalue weighted by atomic mass is 32.2. The number of carbonyl (C=O) groups is 2. The number of fused-ring (bicyclic) bond motifs is 3. The maximum absolute atomic E-state index is 13.0. The Hall–Kier alpha value is -2.26. The molecule has 2 atom stereocenters. The van der Waals surface area contributed by atoms with Crippen LogP contribution in [-0.4, -0.2) is 47.7 Å². The van der Waals surface area contributed by atoms with Gasteiger partial charge in [0, 0.05) is 22.9 Å². The molecule has 1 aromatic heterocycles. The van der Waals surface area contributed by atoms with Crippen LogP contribution in [-0.2, 0) is 4.79 Å². The number of thioether (sulfide) groups is 1. The summed E-state index contributed by atoms with van der Waals surface area (Å²) in [4.78, 5) is 31.3. The monoisotopic (exact) mass is 377 g/mol. The van der Waals surface area contributed by atoms with Gasteiger partial charge in [-0.3, -0.25) is 9.59 Å². The molecule has 25 heavy (non-hydrogen) atoms. The summed E-state index contributed by atoms with van der Waals surface area (Å²) >= 11 is 2.92. The molecule has 2 amide bonds. The van der Waals surface area contributed by atoms with Crippen LogP contribution in [0.25, 0.3) is 0 Å². The summed E-state index contributed by atoms with van der Waals surface area (Å²) in [7, 11) is 3.04. The Kier molecular flexibility index (Phi) is 4.04. The highest BCUT2D eigenvalue weighted by molar-refractivity contribution is 7.99. The number of methoxy groups -OCH3 is 2. The lowest BCUT2D eigenvalue weighted by Gasteiger charge is -2.22. The zero-order chi connectivity index (χ0) is 17.6. The number of carbonyl (C=O) groups excluding carboxylic acids is 2. The van der Waals surface area contributed by atoms with Crippen LogP contribution in [0, 0.1) is 0 Å². The van der Waals surface area contributed by atoms with E-state index in [1.165, 1.54) is 25.6 Å². The molecule has 0 bridgehead atoms. The number of nitrogens with one attached hydrogen (secondary N) is 1. The van der Waals surface area contributed by atoms with Crippen molar-refractivity contribution in [2.75, 3.05) is 25.3 Å². The van der Waals surface area contributed by atoms with Gasteiger partial charge in [-0.25, -0.2) is 4.98 Å². The fourth-order valence-electron chi connectivity index (χ4n) is 3.17. The molecule has 2 aliphatic heterocycles. The Balaban J connectivity index is 1.66. The van der Waals surface area contributed by atoms with E-state index in [0.717, 1.165) is 5.56 Å². The predicted molar refractivity (Wildman–Crippen MR) is 95.4 cm³/mol. The zero-order valence-corrected chi connectivity index (χ0v) is 15.1. The quantitative estimate of drug-likeness (QED) is 0.881. The molecule has 0 saturated carbocycles. The van der Waals surface area contributed by atoms with Gasteiger partial charge in [-0.2, -0.15) is 0 Å². The first-order valence-electron chi connectivity index (χ1n) is 7.55. The van der Waals surface area contributed by atoms with E-state index in [0.29, 0.717) is 27.9 Å². The van der Waals surface area contributed by atoms with Gasteiger partial charge in [0.15, 0.2) is 16.6 Å². The van der Waals surface area contributed by atoms with Gasteiger partial charge in [0.2, 0.25) is 5.91 Å². The molecule has 4 rings (SSSR count). The van der Waals surface area contributed by atoms with Gasteiger partial charge >= 0.3 is 0 Å². The molecule has 0 aliphatic carbocycles. The smallest absolute Gasteiger partial charge is 0.260 e. The molecular formula is C16H15N3O4S2. The average Bonchev–Trinajstić information content (AvgIpc) is 3.33. The highest BCUT2D eigenvalue weighted by Crippen LogP contribution is 2.52. The van der Waals surface area contributed by atoms with Crippen molar-refractivity contribution in [2.45, 2.75) is 11.4 Å². The SMILES string of the molecule is COc1ccc2c(c1OC)C(=O)N1C(C(=O)Nc3nccs3)CSC21. The largest absolute Gasteiger partial charge is 0.493 e. The van der Waals surface area contributed by atoms with Crippen LogP contribution in [0.3, 0.4) is 0 Å². The number of amides is 2. The van der Waals surface area contributed by atoms with Crippen molar-refractivity contribution in [2.24, 2.45) is 0 Å². The molecule has 1 fully saturated rings. The third kappa shape index (κ3) is 2.46. The Morgan fingerprint density at radius 1 is 1.36 bits per heavy atom. The molecule has 7 nitrogen and oxygen atoms in total.